The first-order valence-corrected chi connectivity index (χ1v) is 11.1. The zero-order chi connectivity index (χ0) is 19.3. The van der Waals surface area contributed by atoms with Gasteiger partial charge >= 0.3 is 0 Å². The highest BCUT2D eigenvalue weighted by molar-refractivity contribution is 8.00. The first-order valence-electron chi connectivity index (χ1n) is 9.27. The van der Waals surface area contributed by atoms with E-state index < -0.39 is 0 Å². The molecule has 1 amide bonds. The molecule has 0 aliphatic carbocycles. The number of hydrogen-bond acceptors (Lipinski definition) is 6. The van der Waals surface area contributed by atoms with Gasteiger partial charge in [-0.1, -0.05) is 29.5 Å². The van der Waals surface area contributed by atoms with Crippen molar-refractivity contribution in [3.63, 3.8) is 0 Å². The molecule has 2 aromatic carbocycles. The largest absolute Gasteiger partial charge is 0.497 e. The highest BCUT2D eigenvalue weighted by atomic mass is 32.2. The number of aromatic nitrogens is 1. The minimum Gasteiger partial charge on any atom is -0.497 e. The smallest absolute Gasteiger partial charge is 0.239 e. The Morgan fingerprint density at radius 2 is 2.18 bits per heavy atom. The third-order valence-electron chi connectivity index (χ3n) is 4.63. The number of fused-ring (bicyclic) bond motifs is 1. The van der Waals surface area contributed by atoms with Gasteiger partial charge in [0, 0.05) is 11.5 Å². The molecule has 1 unspecified atom stereocenters. The molecule has 1 fully saturated rings. The van der Waals surface area contributed by atoms with Crippen LogP contribution >= 0.6 is 23.1 Å². The van der Waals surface area contributed by atoms with Gasteiger partial charge < -0.3 is 9.47 Å². The van der Waals surface area contributed by atoms with Crippen LogP contribution in [0.2, 0.25) is 0 Å². The number of nitrogens with zero attached hydrogens (tertiary/aromatic N) is 2. The number of carbonyl (C=O) groups is 1. The van der Waals surface area contributed by atoms with Crippen LogP contribution in [-0.2, 0) is 9.53 Å². The molecule has 1 aliphatic rings. The number of amides is 1. The molecule has 0 spiro atoms. The Morgan fingerprint density at radius 1 is 1.32 bits per heavy atom. The topological polar surface area (TPSA) is 51.7 Å². The van der Waals surface area contributed by atoms with Crippen LogP contribution < -0.4 is 9.64 Å². The zero-order valence-electron chi connectivity index (χ0n) is 15.7. The summed E-state index contributed by atoms with van der Waals surface area (Å²) in [6, 6.07) is 15.8. The molecule has 0 saturated carbocycles. The SMILES string of the molecule is COc1ccc2nc(N(CC3CCCO3)C(=O)CSc3ccccc3)sc2c1. The molecule has 7 heteroatoms. The average Bonchev–Trinajstić information content (AvgIpc) is 3.39. The van der Waals surface area contributed by atoms with E-state index in [2.05, 4.69) is 0 Å². The van der Waals surface area contributed by atoms with E-state index in [4.69, 9.17) is 14.5 Å². The lowest BCUT2D eigenvalue weighted by molar-refractivity contribution is -0.116. The zero-order valence-corrected chi connectivity index (χ0v) is 17.3. The number of methoxy groups -OCH3 is 1. The van der Waals surface area contributed by atoms with Crippen molar-refractivity contribution in [1.29, 1.82) is 0 Å². The molecular formula is C21H22N2O3S2. The molecule has 3 aromatic rings. The molecule has 0 bridgehead atoms. The molecule has 0 N–H and O–H groups in total. The summed E-state index contributed by atoms with van der Waals surface area (Å²) in [5.41, 5.74) is 0.877. The van der Waals surface area contributed by atoms with Gasteiger partial charge in [-0.3, -0.25) is 9.69 Å². The molecule has 1 atom stereocenters. The monoisotopic (exact) mass is 414 g/mol. The average molecular weight is 415 g/mol. The molecule has 1 aliphatic heterocycles. The van der Waals surface area contributed by atoms with Crippen molar-refractivity contribution in [2.75, 3.05) is 30.9 Å². The van der Waals surface area contributed by atoms with Crippen molar-refractivity contribution in [3.05, 3.63) is 48.5 Å². The normalized spacial score (nSPS) is 16.4. The van der Waals surface area contributed by atoms with Gasteiger partial charge in [-0.2, -0.15) is 0 Å². The Balaban J connectivity index is 1.56. The molecule has 1 saturated heterocycles. The highest BCUT2D eigenvalue weighted by Gasteiger charge is 2.26. The maximum atomic E-state index is 13.1. The van der Waals surface area contributed by atoms with E-state index in [9.17, 15) is 4.79 Å². The predicted octanol–water partition coefficient (Wildman–Crippen LogP) is 4.61. The predicted molar refractivity (Wildman–Crippen MR) is 115 cm³/mol. The van der Waals surface area contributed by atoms with Crippen molar-refractivity contribution in [2.24, 2.45) is 0 Å². The van der Waals surface area contributed by atoms with E-state index >= 15 is 0 Å². The lowest BCUT2D eigenvalue weighted by Gasteiger charge is -2.23. The lowest BCUT2D eigenvalue weighted by Crippen LogP contribution is -2.38. The van der Waals surface area contributed by atoms with Crippen LogP contribution in [0.4, 0.5) is 5.13 Å². The van der Waals surface area contributed by atoms with Crippen molar-refractivity contribution < 1.29 is 14.3 Å². The van der Waals surface area contributed by atoms with Crippen LogP contribution in [0.5, 0.6) is 5.75 Å². The summed E-state index contributed by atoms with van der Waals surface area (Å²) < 4.78 is 12.1. The number of hydrogen-bond donors (Lipinski definition) is 0. The van der Waals surface area contributed by atoms with E-state index in [1.54, 1.807) is 23.8 Å². The fourth-order valence-electron chi connectivity index (χ4n) is 3.15. The first kappa shape index (κ1) is 19.2. The second kappa shape index (κ2) is 8.94. The summed E-state index contributed by atoms with van der Waals surface area (Å²) in [6.45, 7) is 1.31. The fraction of sp³-hybridized carbons (Fsp3) is 0.333. The van der Waals surface area contributed by atoms with Crippen molar-refractivity contribution in [3.8, 4) is 5.75 Å². The number of thioether (sulfide) groups is 1. The molecular weight excluding hydrogens is 392 g/mol. The van der Waals surface area contributed by atoms with Crippen molar-refractivity contribution >= 4 is 44.4 Å². The number of thiazole rings is 1. The number of carbonyl (C=O) groups excluding carboxylic acids is 1. The summed E-state index contributed by atoms with van der Waals surface area (Å²) in [5.74, 6) is 1.21. The van der Waals surface area contributed by atoms with E-state index in [0.29, 0.717) is 12.3 Å². The van der Waals surface area contributed by atoms with Crippen LogP contribution in [0, 0.1) is 0 Å². The van der Waals surface area contributed by atoms with Gasteiger partial charge in [0.1, 0.15) is 5.75 Å². The number of anilines is 1. The van der Waals surface area contributed by atoms with Crippen LogP contribution in [0.15, 0.2) is 53.4 Å². The van der Waals surface area contributed by atoms with Crippen molar-refractivity contribution in [2.45, 2.75) is 23.8 Å². The van der Waals surface area contributed by atoms with E-state index in [1.165, 1.54) is 11.3 Å². The second-order valence-electron chi connectivity index (χ2n) is 6.57. The maximum Gasteiger partial charge on any atom is 0.239 e. The standard InChI is InChI=1S/C21H22N2O3S2/c1-25-15-9-10-18-19(12-15)28-21(22-18)23(13-16-6-5-11-26-16)20(24)14-27-17-7-3-2-4-8-17/h2-4,7-10,12,16H,5-6,11,13-14H2,1H3. The summed E-state index contributed by atoms with van der Waals surface area (Å²) >= 11 is 3.06. The van der Waals surface area contributed by atoms with Crippen LogP contribution in [0.25, 0.3) is 10.2 Å². The molecule has 146 valence electrons. The highest BCUT2D eigenvalue weighted by Crippen LogP contribution is 2.33. The van der Waals surface area contributed by atoms with E-state index in [-0.39, 0.29) is 12.0 Å². The van der Waals surface area contributed by atoms with Crippen LogP contribution in [-0.4, -0.2) is 43.0 Å². The summed E-state index contributed by atoms with van der Waals surface area (Å²) in [4.78, 5) is 20.7. The third kappa shape index (κ3) is 4.48. The minimum atomic E-state index is 0.0513. The minimum absolute atomic E-state index is 0.0513. The van der Waals surface area contributed by atoms with Crippen LogP contribution in [0.3, 0.4) is 0 Å². The number of ether oxygens (including phenoxy) is 2. The van der Waals surface area contributed by atoms with Gasteiger partial charge in [-0.25, -0.2) is 4.98 Å². The van der Waals surface area contributed by atoms with Gasteiger partial charge in [-0.15, -0.1) is 11.8 Å². The van der Waals surface area contributed by atoms with E-state index in [0.717, 1.165) is 45.4 Å². The Hall–Kier alpha value is -2.09. The lowest BCUT2D eigenvalue weighted by atomic mass is 10.2. The van der Waals surface area contributed by atoms with Gasteiger partial charge in [-0.05, 0) is 43.2 Å². The Morgan fingerprint density at radius 3 is 2.93 bits per heavy atom. The van der Waals surface area contributed by atoms with Gasteiger partial charge in [0.25, 0.3) is 0 Å². The quantitative estimate of drug-likeness (QED) is 0.529. The molecule has 4 rings (SSSR count). The Bertz CT molecular complexity index is 939. The molecule has 28 heavy (non-hydrogen) atoms. The molecule has 0 radical (unpaired) electrons. The molecule has 5 nitrogen and oxygen atoms in total. The third-order valence-corrected chi connectivity index (χ3v) is 6.67. The number of rotatable bonds is 7. The van der Waals surface area contributed by atoms with Gasteiger partial charge in [0.15, 0.2) is 5.13 Å². The summed E-state index contributed by atoms with van der Waals surface area (Å²) in [5, 5.41) is 0.720. The Kier molecular flexibility index (Phi) is 6.14. The first-order chi connectivity index (χ1) is 13.7. The molecule has 1 aromatic heterocycles. The molecule has 2 heterocycles. The Labute approximate surface area is 172 Å². The second-order valence-corrected chi connectivity index (χ2v) is 8.63. The maximum absolute atomic E-state index is 13.1. The van der Waals surface area contributed by atoms with Crippen molar-refractivity contribution in [1.82, 2.24) is 4.98 Å². The van der Waals surface area contributed by atoms with Gasteiger partial charge in [0.2, 0.25) is 5.91 Å². The summed E-state index contributed by atoms with van der Waals surface area (Å²) in [6.07, 6.45) is 2.10. The fourth-order valence-corrected chi connectivity index (χ4v) is 4.97. The van der Waals surface area contributed by atoms with Crippen LogP contribution in [0.1, 0.15) is 12.8 Å². The summed E-state index contributed by atoms with van der Waals surface area (Å²) in [7, 11) is 1.65. The number of benzene rings is 2. The van der Waals surface area contributed by atoms with Gasteiger partial charge in [0.05, 0.1) is 35.7 Å². The van der Waals surface area contributed by atoms with E-state index in [1.807, 2.05) is 48.5 Å².